The zero-order valence-corrected chi connectivity index (χ0v) is 12.2. The first-order chi connectivity index (χ1) is 9.72. The lowest BCUT2D eigenvalue weighted by Gasteiger charge is -2.09. The lowest BCUT2D eigenvalue weighted by Crippen LogP contribution is -2.04. The molecule has 3 nitrogen and oxygen atoms in total. The van der Waals surface area contributed by atoms with Crippen molar-refractivity contribution in [2.75, 3.05) is 0 Å². The number of halogens is 1. The fourth-order valence-electron chi connectivity index (χ4n) is 2.01. The smallest absolute Gasteiger partial charge is 0.248 e. The molecule has 0 radical (unpaired) electrons. The fourth-order valence-corrected chi connectivity index (χ4v) is 2.28. The summed E-state index contributed by atoms with van der Waals surface area (Å²) < 4.78 is 6.85. The van der Waals surface area contributed by atoms with Crippen LogP contribution in [0.15, 0.2) is 63.9 Å². The third-order valence-corrected chi connectivity index (χ3v) is 3.56. The molecular weight excluding hydrogens is 318 g/mol. The van der Waals surface area contributed by atoms with Crippen LogP contribution < -0.4 is 10.3 Å². The number of ether oxygens (including phenoxy) is 1. The summed E-state index contributed by atoms with van der Waals surface area (Å²) in [4.78, 5) is 14.2. The molecule has 3 rings (SSSR count). The normalized spacial score (nSPS) is 10.7. The van der Waals surface area contributed by atoms with Crippen molar-refractivity contribution in [1.29, 1.82) is 0 Å². The summed E-state index contributed by atoms with van der Waals surface area (Å²) in [7, 11) is 0. The summed E-state index contributed by atoms with van der Waals surface area (Å²) in [6.45, 7) is 0.462. The van der Waals surface area contributed by atoms with Gasteiger partial charge in [0.25, 0.3) is 0 Å². The third kappa shape index (κ3) is 2.75. The van der Waals surface area contributed by atoms with Crippen LogP contribution in [0.1, 0.15) is 5.56 Å². The highest BCUT2D eigenvalue weighted by Gasteiger charge is 2.03. The summed E-state index contributed by atoms with van der Waals surface area (Å²) in [6.07, 6.45) is 0. The van der Waals surface area contributed by atoms with E-state index < -0.39 is 0 Å². The number of hydrogen-bond donors (Lipinski definition) is 1. The number of hydrogen-bond acceptors (Lipinski definition) is 2. The number of para-hydroxylation sites is 1. The maximum absolute atomic E-state index is 11.4. The summed E-state index contributed by atoms with van der Waals surface area (Å²) in [5, 5.41) is 0.956. The molecule has 3 aromatic rings. The van der Waals surface area contributed by atoms with Gasteiger partial charge in [-0.25, -0.2) is 0 Å². The average Bonchev–Trinajstić information content (AvgIpc) is 2.47. The van der Waals surface area contributed by atoms with Crippen LogP contribution >= 0.6 is 15.9 Å². The van der Waals surface area contributed by atoms with Crippen LogP contribution in [-0.2, 0) is 6.61 Å². The molecule has 4 heteroatoms. The van der Waals surface area contributed by atoms with Crippen LogP contribution in [-0.4, -0.2) is 4.98 Å². The maximum Gasteiger partial charge on any atom is 0.248 e. The minimum atomic E-state index is -0.128. The van der Waals surface area contributed by atoms with Gasteiger partial charge in [0.1, 0.15) is 12.4 Å². The van der Waals surface area contributed by atoms with Crippen LogP contribution in [0.4, 0.5) is 0 Å². The molecule has 0 aliphatic carbocycles. The van der Waals surface area contributed by atoms with Crippen molar-refractivity contribution in [2.45, 2.75) is 6.61 Å². The number of fused-ring (bicyclic) bond motifs is 1. The lowest BCUT2D eigenvalue weighted by molar-refractivity contribution is 0.309. The standard InChI is InChI=1S/C16H12BrNO2/c17-13-7-4-11(5-8-13)10-20-14-3-1-2-12-6-9-15(19)18-16(12)14/h1-9H,10H2,(H,18,19). The maximum atomic E-state index is 11.4. The second-order valence-electron chi connectivity index (χ2n) is 4.46. The van der Waals surface area contributed by atoms with Crippen LogP contribution in [0.5, 0.6) is 5.75 Å². The zero-order valence-electron chi connectivity index (χ0n) is 10.6. The number of rotatable bonds is 3. The second-order valence-corrected chi connectivity index (χ2v) is 5.37. The molecule has 0 saturated heterocycles. The molecule has 0 spiro atoms. The van der Waals surface area contributed by atoms with E-state index in [0.29, 0.717) is 12.4 Å². The van der Waals surface area contributed by atoms with Gasteiger partial charge in [-0.2, -0.15) is 0 Å². The van der Waals surface area contributed by atoms with Crippen molar-refractivity contribution in [3.8, 4) is 5.75 Å². The van der Waals surface area contributed by atoms with Crippen LogP contribution in [0, 0.1) is 0 Å². The molecule has 0 aliphatic heterocycles. The van der Waals surface area contributed by atoms with E-state index in [-0.39, 0.29) is 5.56 Å². The molecule has 0 bridgehead atoms. The quantitative estimate of drug-likeness (QED) is 0.792. The van der Waals surface area contributed by atoms with Gasteiger partial charge in [0.15, 0.2) is 0 Å². The van der Waals surface area contributed by atoms with E-state index in [1.807, 2.05) is 42.5 Å². The number of pyridine rings is 1. The fraction of sp³-hybridized carbons (Fsp3) is 0.0625. The Labute approximate surface area is 124 Å². The number of aromatic amines is 1. The minimum absolute atomic E-state index is 0.128. The van der Waals surface area contributed by atoms with E-state index in [1.165, 1.54) is 6.07 Å². The molecule has 0 unspecified atom stereocenters. The summed E-state index contributed by atoms with van der Waals surface area (Å²) in [5.74, 6) is 0.683. The first kappa shape index (κ1) is 12.9. The van der Waals surface area contributed by atoms with Gasteiger partial charge in [0.2, 0.25) is 5.56 Å². The number of H-pyrrole nitrogens is 1. The zero-order chi connectivity index (χ0) is 13.9. The Morgan fingerprint density at radius 2 is 1.80 bits per heavy atom. The molecule has 0 amide bonds. The first-order valence-electron chi connectivity index (χ1n) is 6.22. The first-order valence-corrected chi connectivity index (χ1v) is 7.01. The summed E-state index contributed by atoms with van der Waals surface area (Å²) in [5.41, 5.74) is 1.68. The molecule has 1 N–H and O–H groups in total. The number of nitrogens with one attached hydrogen (secondary N) is 1. The van der Waals surface area contributed by atoms with Gasteiger partial charge in [0.05, 0.1) is 5.52 Å². The minimum Gasteiger partial charge on any atom is -0.487 e. The van der Waals surface area contributed by atoms with Crippen molar-refractivity contribution in [1.82, 2.24) is 4.98 Å². The topological polar surface area (TPSA) is 42.1 Å². The van der Waals surface area contributed by atoms with Crippen LogP contribution in [0.25, 0.3) is 10.9 Å². The Morgan fingerprint density at radius 3 is 2.60 bits per heavy atom. The molecular formula is C16H12BrNO2. The van der Waals surface area contributed by atoms with Crippen molar-refractivity contribution < 1.29 is 4.74 Å². The lowest BCUT2D eigenvalue weighted by atomic mass is 10.2. The highest BCUT2D eigenvalue weighted by molar-refractivity contribution is 9.10. The van der Waals surface area contributed by atoms with Gasteiger partial charge < -0.3 is 9.72 Å². The van der Waals surface area contributed by atoms with E-state index in [4.69, 9.17) is 4.74 Å². The molecule has 0 atom stereocenters. The third-order valence-electron chi connectivity index (χ3n) is 3.03. The van der Waals surface area contributed by atoms with Crippen molar-refractivity contribution in [3.05, 3.63) is 75.0 Å². The van der Waals surface area contributed by atoms with Gasteiger partial charge in [-0.05, 0) is 29.8 Å². The Bertz CT molecular complexity index is 793. The number of benzene rings is 2. The molecule has 0 fully saturated rings. The molecule has 1 aromatic heterocycles. The Morgan fingerprint density at radius 1 is 1.00 bits per heavy atom. The van der Waals surface area contributed by atoms with E-state index in [1.54, 1.807) is 6.07 Å². The second kappa shape index (κ2) is 5.51. The molecule has 0 saturated carbocycles. The highest BCUT2D eigenvalue weighted by atomic mass is 79.9. The van der Waals surface area contributed by atoms with E-state index >= 15 is 0 Å². The van der Waals surface area contributed by atoms with E-state index in [9.17, 15) is 4.79 Å². The summed E-state index contributed by atoms with van der Waals surface area (Å²) in [6, 6.07) is 17.0. The molecule has 1 heterocycles. The Kier molecular flexibility index (Phi) is 3.56. The van der Waals surface area contributed by atoms with Crippen LogP contribution in [0.3, 0.4) is 0 Å². The predicted molar refractivity (Wildman–Crippen MR) is 83.0 cm³/mol. The van der Waals surface area contributed by atoms with Gasteiger partial charge >= 0.3 is 0 Å². The van der Waals surface area contributed by atoms with Gasteiger partial charge in [-0.3, -0.25) is 4.79 Å². The molecule has 0 aliphatic rings. The SMILES string of the molecule is O=c1ccc2cccc(OCc3ccc(Br)cc3)c2[nH]1. The molecule has 100 valence electrons. The van der Waals surface area contributed by atoms with Crippen molar-refractivity contribution in [3.63, 3.8) is 0 Å². The van der Waals surface area contributed by atoms with Crippen molar-refractivity contribution >= 4 is 26.8 Å². The molecule has 2 aromatic carbocycles. The molecule has 20 heavy (non-hydrogen) atoms. The highest BCUT2D eigenvalue weighted by Crippen LogP contribution is 2.23. The largest absolute Gasteiger partial charge is 0.487 e. The Hall–Kier alpha value is -2.07. The average molecular weight is 330 g/mol. The van der Waals surface area contributed by atoms with Crippen molar-refractivity contribution in [2.24, 2.45) is 0 Å². The predicted octanol–water partition coefficient (Wildman–Crippen LogP) is 3.87. The van der Waals surface area contributed by atoms with Gasteiger partial charge in [-0.15, -0.1) is 0 Å². The van der Waals surface area contributed by atoms with Gasteiger partial charge in [0, 0.05) is 15.9 Å². The number of aromatic nitrogens is 1. The van der Waals surface area contributed by atoms with Gasteiger partial charge in [-0.1, -0.05) is 40.2 Å². The Balaban J connectivity index is 1.89. The van der Waals surface area contributed by atoms with E-state index in [2.05, 4.69) is 20.9 Å². The summed E-state index contributed by atoms with van der Waals surface area (Å²) >= 11 is 3.40. The monoisotopic (exact) mass is 329 g/mol. The van der Waals surface area contributed by atoms with E-state index in [0.717, 1.165) is 20.9 Å². The van der Waals surface area contributed by atoms with Crippen LogP contribution in [0.2, 0.25) is 0 Å².